The molecule has 9 nitrogen and oxygen atoms in total. The predicted octanol–water partition coefficient (Wildman–Crippen LogP) is 0.751. The van der Waals surface area contributed by atoms with Gasteiger partial charge in [0.25, 0.3) is 0 Å². The zero-order valence-electron chi connectivity index (χ0n) is 20.3. The number of amides is 3. The highest BCUT2D eigenvalue weighted by molar-refractivity contribution is 14.1. The number of likely N-dealkylation sites (N-methyl/N-ethyl adjacent to an activating group) is 2. The maximum absolute atomic E-state index is 12.5. The molecular formula is C23H40IN6O3+. The third-order valence-electron chi connectivity index (χ3n) is 5.35. The lowest BCUT2D eigenvalue weighted by molar-refractivity contribution is -0.827. The molecule has 1 aromatic carbocycles. The minimum atomic E-state index is -0.748. The molecule has 1 rings (SSSR count). The molecule has 1 aromatic rings. The normalized spacial score (nSPS) is 13.5. The van der Waals surface area contributed by atoms with E-state index < -0.39 is 6.04 Å². The van der Waals surface area contributed by atoms with E-state index in [4.69, 9.17) is 11.6 Å². The summed E-state index contributed by atoms with van der Waals surface area (Å²) in [6.45, 7) is 0.489. The molecule has 2 atom stereocenters. The number of quaternary nitrogens is 1. The van der Waals surface area contributed by atoms with Gasteiger partial charge in [-0.05, 0) is 86.5 Å². The highest BCUT2D eigenvalue weighted by atomic mass is 127. The van der Waals surface area contributed by atoms with Gasteiger partial charge in [0.15, 0.2) is 0 Å². The van der Waals surface area contributed by atoms with Crippen LogP contribution in [0.5, 0.6) is 0 Å². The highest BCUT2D eigenvalue weighted by Crippen LogP contribution is 2.11. The van der Waals surface area contributed by atoms with E-state index in [1.807, 2.05) is 31.1 Å². The Balaban J connectivity index is 2.33. The molecule has 0 aliphatic heterocycles. The van der Waals surface area contributed by atoms with E-state index >= 15 is 0 Å². The molecule has 0 saturated carbocycles. The van der Waals surface area contributed by atoms with Crippen molar-refractivity contribution in [2.24, 2.45) is 11.6 Å². The van der Waals surface area contributed by atoms with Crippen molar-refractivity contribution in [1.29, 1.82) is 0 Å². The SMILES string of the molecule is CN(C)[C@@H](CCCCNC(=O)[C@H](CN)NC(=O)CCCc1ccc(I)cc1)C(=O)[N+](C)(C)N. The number of aryl methyl sites for hydroxylation is 1. The van der Waals surface area contributed by atoms with Gasteiger partial charge in [0.2, 0.25) is 11.8 Å². The third kappa shape index (κ3) is 11.4. The largest absolute Gasteiger partial charge is 0.354 e. The second kappa shape index (κ2) is 14.6. The second-order valence-corrected chi connectivity index (χ2v) is 10.2. The summed E-state index contributed by atoms with van der Waals surface area (Å²) in [5.74, 6) is 5.37. The number of carbonyl (C=O) groups excluding carboxylic acids is 3. The molecule has 3 amide bonds. The molecule has 10 heteroatoms. The Morgan fingerprint density at radius 2 is 1.73 bits per heavy atom. The molecule has 0 aliphatic carbocycles. The molecule has 0 aromatic heterocycles. The number of carbonyl (C=O) groups is 3. The summed E-state index contributed by atoms with van der Waals surface area (Å²) in [5, 5.41) is 5.55. The maximum Gasteiger partial charge on any atom is 0.349 e. The van der Waals surface area contributed by atoms with Crippen molar-refractivity contribution >= 4 is 40.3 Å². The summed E-state index contributed by atoms with van der Waals surface area (Å²) in [5.41, 5.74) is 6.88. The fourth-order valence-electron chi connectivity index (χ4n) is 3.39. The minimum Gasteiger partial charge on any atom is -0.354 e. The zero-order valence-corrected chi connectivity index (χ0v) is 22.4. The van der Waals surface area contributed by atoms with Gasteiger partial charge in [-0.25, -0.2) is 4.79 Å². The Kier molecular flexibility index (Phi) is 13.0. The van der Waals surface area contributed by atoms with Gasteiger partial charge < -0.3 is 16.4 Å². The summed E-state index contributed by atoms with van der Waals surface area (Å²) in [6, 6.07) is 7.17. The maximum atomic E-state index is 12.5. The number of nitrogens with two attached hydrogens (primary N) is 2. The zero-order chi connectivity index (χ0) is 25.0. The quantitative estimate of drug-likeness (QED) is 0.0647. The molecule has 0 radical (unpaired) electrons. The Morgan fingerprint density at radius 3 is 2.27 bits per heavy atom. The van der Waals surface area contributed by atoms with Crippen LogP contribution in [0.25, 0.3) is 0 Å². The van der Waals surface area contributed by atoms with Gasteiger partial charge in [0.1, 0.15) is 12.1 Å². The lowest BCUT2D eigenvalue weighted by Crippen LogP contribution is -2.59. The fraction of sp³-hybridized carbons (Fsp3) is 0.609. The molecule has 6 N–H and O–H groups in total. The number of hydrogen-bond donors (Lipinski definition) is 4. The molecule has 0 saturated heterocycles. The van der Waals surface area contributed by atoms with E-state index in [1.54, 1.807) is 14.1 Å². The van der Waals surface area contributed by atoms with Gasteiger partial charge in [-0.1, -0.05) is 12.1 Å². The van der Waals surface area contributed by atoms with Gasteiger partial charge in [-0.2, -0.15) is 10.4 Å². The average molecular weight is 576 g/mol. The van der Waals surface area contributed by atoms with Gasteiger partial charge in [-0.15, -0.1) is 0 Å². The van der Waals surface area contributed by atoms with Gasteiger partial charge in [0.05, 0.1) is 14.1 Å². The number of halogens is 1. The number of benzene rings is 1. The standard InChI is InChI=1S/C23H39IN6O3/c1-29(2)20(23(33)30(3,4)26)9-5-6-15-27-22(32)19(16-25)28-21(31)10-7-8-17-11-13-18(24)14-12-17/h11-14,19-20H,5-10,15-16,25-26H2,1-4H3,(H-,27,28,31,32)/p+1/t19-,20-/m0/s1. The summed E-state index contributed by atoms with van der Waals surface area (Å²) in [6.07, 6.45) is 3.97. The van der Waals surface area contributed by atoms with E-state index in [9.17, 15) is 14.4 Å². The van der Waals surface area contributed by atoms with E-state index in [-0.39, 0.29) is 34.9 Å². The fourth-order valence-corrected chi connectivity index (χ4v) is 3.75. The number of nitrogens with one attached hydrogen (secondary N) is 2. The van der Waals surface area contributed by atoms with Crippen molar-refractivity contribution in [2.75, 3.05) is 41.3 Å². The summed E-state index contributed by atoms with van der Waals surface area (Å²) < 4.78 is 0.956. The lowest BCUT2D eigenvalue weighted by Gasteiger charge is -2.28. The number of rotatable bonds is 14. The van der Waals surface area contributed by atoms with Crippen molar-refractivity contribution in [1.82, 2.24) is 15.5 Å². The van der Waals surface area contributed by atoms with Crippen molar-refractivity contribution in [2.45, 2.75) is 50.6 Å². The monoisotopic (exact) mass is 575 g/mol. The van der Waals surface area contributed by atoms with Crippen LogP contribution in [0.15, 0.2) is 24.3 Å². The van der Waals surface area contributed by atoms with Crippen LogP contribution in [0.4, 0.5) is 0 Å². The molecule has 33 heavy (non-hydrogen) atoms. The van der Waals surface area contributed by atoms with Crippen molar-refractivity contribution in [3.05, 3.63) is 33.4 Å². The van der Waals surface area contributed by atoms with Crippen LogP contribution in [0.3, 0.4) is 0 Å². The number of unbranched alkanes of at least 4 members (excludes halogenated alkanes) is 1. The first kappa shape index (κ1) is 29.4. The second-order valence-electron chi connectivity index (χ2n) is 8.98. The van der Waals surface area contributed by atoms with E-state index in [0.717, 1.165) is 12.8 Å². The number of nitrogens with zero attached hydrogens (tertiary/aromatic N) is 2. The summed E-state index contributed by atoms with van der Waals surface area (Å²) >= 11 is 2.26. The van der Waals surface area contributed by atoms with Crippen LogP contribution in [-0.2, 0) is 20.8 Å². The average Bonchev–Trinajstić information content (AvgIpc) is 2.74. The molecule has 0 heterocycles. The smallest absolute Gasteiger partial charge is 0.349 e. The van der Waals surface area contributed by atoms with E-state index in [1.165, 1.54) is 9.13 Å². The van der Waals surface area contributed by atoms with Crippen molar-refractivity contribution in [3.8, 4) is 0 Å². The van der Waals surface area contributed by atoms with Gasteiger partial charge in [0, 0.05) is 23.1 Å². The van der Waals surface area contributed by atoms with Crippen LogP contribution in [0, 0.1) is 3.57 Å². The predicted molar refractivity (Wildman–Crippen MR) is 139 cm³/mol. The molecule has 0 spiro atoms. The Labute approximate surface area is 211 Å². The van der Waals surface area contributed by atoms with Crippen LogP contribution in [0.2, 0.25) is 0 Å². The summed E-state index contributed by atoms with van der Waals surface area (Å²) in [4.78, 5) is 38.9. The van der Waals surface area contributed by atoms with Crippen LogP contribution < -0.4 is 22.2 Å². The van der Waals surface area contributed by atoms with Crippen molar-refractivity contribution in [3.63, 3.8) is 0 Å². The van der Waals surface area contributed by atoms with Gasteiger partial charge in [-0.3, -0.25) is 14.5 Å². The van der Waals surface area contributed by atoms with Crippen LogP contribution in [0.1, 0.15) is 37.7 Å². The van der Waals surface area contributed by atoms with E-state index in [0.29, 0.717) is 32.2 Å². The molecule has 0 aliphatic rings. The van der Waals surface area contributed by atoms with Gasteiger partial charge >= 0.3 is 5.91 Å². The number of hydrogen-bond acceptors (Lipinski definition) is 6. The topological polar surface area (TPSA) is 131 Å². The lowest BCUT2D eigenvalue weighted by atomic mass is 10.1. The third-order valence-corrected chi connectivity index (χ3v) is 6.07. The molecule has 0 bridgehead atoms. The first-order valence-corrected chi connectivity index (χ1v) is 12.4. The Hall–Kier alpha value is -1.60. The first-order valence-electron chi connectivity index (χ1n) is 11.3. The highest BCUT2D eigenvalue weighted by Gasteiger charge is 2.33. The summed E-state index contributed by atoms with van der Waals surface area (Å²) in [7, 11) is 7.02. The minimum absolute atomic E-state index is 0.0371. The molecule has 0 fully saturated rings. The molecular weight excluding hydrogens is 535 g/mol. The van der Waals surface area contributed by atoms with Crippen LogP contribution in [-0.4, -0.2) is 80.6 Å². The molecule has 186 valence electrons. The molecule has 0 unspecified atom stereocenters. The Morgan fingerprint density at radius 1 is 1.09 bits per heavy atom. The van der Waals surface area contributed by atoms with Crippen LogP contribution >= 0.6 is 22.6 Å². The Bertz CT molecular complexity index is 764. The van der Waals surface area contributed by atoms with E-state index in [2.05, 4.69) is 45.4 Å². The first-order chi connectivity index (χ1) is 15.5. The van der Waals surface area contributed by atoms with Crippen molar-refractivity contribution < 1.29 is 19.0 Å².